The van der Waals surface area contributed by atoms with Crippen molar-refractivity contribution in [3.63, 3.8) is 0 Å². The van der Waals surface area contributed by atoms with E-state index in [4.69, 9.17) is 0 Å². The van der Waals surface area contributed by atoms with Crippen molar-refractivity contribution in [3.8, 4) is 0 Å². The summed E-state index contributed by atoms with van der Waals surface area (Å²) >= 11 is 0. The maximum atomic E-state index is 11.6. The lowest BCUT2D eigenvalue weighted by Gasteiger charge is -2.14. The SMILES string of the molecule is O=C1CC(NC(=O)[C@H]2CCCN2)CN1. The van der Waals surface area contributed by atoms with Gasteiger partial charge in [0.1, 0.15) is 0 Å². The molecule has 2 fully saturated rings. The Kier molecular flexibility index (Phi) is 2.67. The van der Waals surface area contributed by atoms with Crippen LogP contribution in [0.1, 0.15) is 19.3 Å². The minimum absolute atomic E-state index is 0.0163. The molecule has 0 saturated carbocycles. The summed E-state index contributed by atoms with van der Waals surface area (Å²) < 4.78 is 0. The van der Waals surface area contributed by atoms with Crippen LogP contribution in [0.25, 0.3) is 0 Å². The van der Waals surface area contributed by atoms with Crippen LogP contribution in [-0.4, -0.2) is 37.0 Å². The first-order valence-corrected chi connectivity index (χ1v) is 5.06. The van der Waals surface area contributed by atoms with E-state index < -0.39 is 0 Å². The van der Waals surface area contributed by atoms with Gasteiger partial charge in [-0.1, -0.05) is 0 Å². The van der Waals surface area contributed by atoms with Crippen LogP contribution in [0.2, 0.25) is 0 Å². The summed E-state index contributed by atoms with van der Waals surface area (Å²) in [5, 5.41) is 8.68. The normalized spacial score (nSPS) is 31.6. The Labute approximate surface area is 82.6 Å². The van der Waals surface area contributed by atoms with Crippen LogP contribution in [0.5, 0.6) is 0 Å². The van der Waals surface area contributed by atoms with E-state index in [1.165, 1.54) is 0 Å². The number of hydrogen-bond acceptors (Lipinski definition) is 3. The number of hydrogen-bond donors (Lipinski definition) is 3. The third-order valence-electron chi connectivity index (χ3n) is 2.70. The molecular formula is C9H15N3O2. The van der Waals surface area contributed by atoms with Gasteiger partial charge in [-0.05, 0) is 19.4 Å². The monoisotopic (exact) mass is 197 g/mol. The van der Waals surface area contributed by atoms with Crippen molar-refractivity contribution in [2.24, 2.45) is 0 Å². The van der Waals surface area contributed by atoms with Crippen molar-refractivity contribution >= 4 is 11.8 Å². The fourth-order valence-corrected chi connectivity index (χ4v) is 1.92. The van der Waals surface area contributed by atoms with Gasteiger partial charge < -0.3 is 16.0 Å². The first-order valence-electron chi connectivity index (χ1n) is 5.06. The van der Waals surface area contributed by atoms with Crippen LogP contribution < -0.4 is 16.0 Å². The molecule has 0 radical (unpaired) electrons. The van der Waals surface area contributed by atoms with E-state index in [-0.39, 0.29) is 23.9 Å². The second-order valence-electron chi connectivity index (χ2n) is 3.86. The first-order chi connectivity index (χ1) is 6.75. The van der Waals surface area contributed by atoms with Gasteiger partial charge in [0.2, 0.25) is 11.8 Å². The van der Waals surface area contributed by atoms with Gasteiger partial charge in [-0.2, -0.15) is 0 Å². The summed E-state index contributed by atoms with van der Waals surface area (Å²) in [5.74, 6) is 0.0543. The average Bonchev–Trinajstić information content (AvgIpc) is 2.75. The smallest absolute Gasteiger partial charge is 0.237 e. The fraction of sp³-hybridized carbons (Fsp3) is 0.778. The van der Waals surface area contributed by atoms with Crippen molar-refractivity contribution in [2.45, 2.75) is 31.3 Å². The predicted molar refractivity (Wildman–Crippen MR) is 50.6 cm³/mol. The predicted octanol–water partition coefficient (Wildman–Crippen LogP) is -1.26. The maximum Gasteiger partial charge on any atom is 0.237 e. The topological polar surface area (TPSA) is 70.2 Å². The second-order valence-corrected chi connectivity index (χ2v) is 3.86. The molecule has 2 rings (SSSR count). The second kappa shape index (κ2) is 3.96. The number of amides is 2. The molecule has 2 aliphatic rings. The minimum Gasteiger partial charge on any atom is -0.354 e. The summed E-state index contributed by atoms with van der Waals surface area (Å²) in [6.07, 6.45) is 2.37. The molecule has 2 amide bonds. The maximum absolute atomic E-state index is 11.6. The summed E-state index contributed by atoms with van der Waals surface area (Å²) in [6.45, 7) is 1.48. The lowest BCUT2D eigenvalue weighted by Crippen LogP contribution is -2.45. The van der Waals surface area contributed by atoms with Crippen molar-refractivity contribution in [3.05, 3.63) is 0 Å². The molecule has 1 unspecified atom stereocenters. The zero-order valence-electron chi connectivity index (χ0n) is 8.01. The molecule has 0 aromatic carbocycles. The van der Waals surface area contributed by atoms with E-state index in [2.05, 4.69) is 16.0 Å². The van der Waals surface area contributed by atoms with Gasteiger partial charge in [0.15, 0.2) is 0 Å². The molecule has 5 nitrogen and oxygen atoms in total. The van der Waals surface area contributed by atoms with Gasteiger partial charge >= 0.3 is 0 Å². The molecule has 0 spiro atoms. The standard InChI is InChI=1S/C9H15N3O2/c13-8-4-6(5-11-8)12-9(14)7-2-1-3-10-7/h6-7,10H,1-5H2,(H,11,13)(H,12,14)/t6?,7-/m1/s1. The van der Waals surface area contributed by atoms with Crippen LogP contribution in [0, 0.1) is 0 Å². The molecule has 0 aromatic rings. The molecule has 78 valence electrons. The number of carbonyl (C=O) groups excluding carboxylic acids is 2. The van der Waals surface area contributed by atoms with Gasteiger partial charge in [0.25, 0.3) is 0 Å². The zero-order chi connectivity index (χ0) is 9.97. The number of carbonyl (C=O) groups is 2. The summed E-state index contributed by atoms with van der Waals surface area (Å²) in [5.41, 5.74) is 0. The number of rotatable bonds is 2. The highest BCUT2D eigenvalue weighted by Gasteiger charge is 2.27. The van der Waals surface area contributed by atoms with Gasteiger partial charge in [-0.25, -0.2) is 0 Å². The van der Waals surface area contributed by atoms with Gasteiger partial charge in [-0.15, -0.1) is 0 Å². The third-order valence-corrected chi connectivity index (χ3v) is 2.70. The van der Waals surface area contributed by atoms with Gasteiger partial charge in [0, 0.05) is 13.0 Å². The van der Waals surface area contributed by atoms with Crippen molar-refractivity contribution in [2.75, 3.05) is 13.1 Å². The molecule has 0 bridgehead atoms. The summed E-state index contributed by atoms with van der Waals surface area (Å²) in [4.78, 5) is 22.5. The molecule has 0 aromatic heterocycles. The van der Waals surface area contributed by atoms with Crippen LogP contribution in [0.15, 0.2) is 0 Å². The number of nitrogens with one attached hydrogen (secondary N) is 3. The van der Waals surface area contributed by atoms with Crippen LogP contribution in [0.4, 0.5) is 0 Å². The summed E-state index contributed by atoms with van der Waals surface area (Å²) in [7, 11) is 0. The zero-order valence-corrected chi connectivity index (χ0v) is 8.01. The van der Waals surface area contributed by atoms with Crippen molar-refractivity contribution < 1.29 is 9.59 Å². The van der Waals surface area contributed by atoms with Crippen molar-refractivity contribution in [1.82, 2.24) is 16.0 Å². The van der Waals surface area contributed by atoms with Crippen LogP contribution in [0.3, 0.4) is 0 Å². The molecule has 2 atom stereocenters. The van der Waals surface area contributed by atoms with E-state index in [0.29, 0.717) is 13.0 Å². The average molecular weight is 197 g/mol. The highest BCUT2D eigenvalue weighted by Crippen LogP contribution is 2.06. The minimum atomic E-state index is -0.0503. The highest BCUT2D eigenvalue weighted by atomic mass is 16.2. The Hall–Kier alpha value is -1.10. The lowest BCUT2D eigenvalue weighted by molar-refractivity contribution is -0.123. The molecule has 3 N–H and O–H groups in total. The van der Waals surface area contributed by atoms with E-state index in [1.54, 1.807) is 0 Å². The Morgan fingerprint density at radius 3 is 2.93 bits per heavy atom. The van der Waals surface area contributed by atoms with Crippen LogP contribution in [-0.2, 0) is 9.59 Å². The van der Waals surface area contributed by atoms with Gasteiger partial charge in [0.05, 0.1) is 12.1 Å². The van der Waals surface area contributed by atoms with Gasteiger partial charge in [-0.3, -0.25) is 9.59 Å². The fourth-order valence-electron chi connectivity index (χ4n) is 1.92. The Morgan fingerprint density at radius 1 is 1.50 bits per heavy atom. The van der Waals surface area contributed by atoms with E-state index in [1.807, 2.05) is 0 Å². The Balaban J connectivity index is 1.79. The molecule has 5 heteroatoms. The first kappa shape index (κ1) is 9.45. The van der Waals surface area contributed by atoms with Crippen LogP contribution >= 0.6 is 0 Å². The van der Waals surface area contributed by atoms with E-state index >= 15 is 0 Å². The molecule has 14 heavy (non-hydrogen) atoms. The molecule has 0 aliphatic carbocycles. The van der Waals surface area contributed by atoms with E-state index in [9.17, 15) is 9.59 Å². The van der Waals surface area contributed by atoms with E-state index in [0.717, 1.165) is 19.4 Å². The third kappa shape index (κ3) is 2.04. The quantitative estimate of drug-likeness (QED) is 0.517. The van der Waals surface area contributed by atoms with Crippen molar-refractivity contribution in [1.29, 1.82) is 0 Å². The summed E-state index contributed by atoms with van der Waals surface area (Å²) in [6, 6.07) is -0.0666. The molecule has 2 aliphatic heterocycles. The highest BCUT2D eigenvalue weighted by molar-refractivity contribution is 5.84. The largest absolute Gasteiger partial charge is 0.354 e. The molecule has 2 heterocycles. The Morgan fingerprint density at radius 2 is 2.36 bits per heavy atom. The molecular weight excluding hydrogens is 182 g/mol. The molecule has 2 saturated heterocycles. The lowest BCUT2D eigenvalue weighted by atomic mass is 10.2. The Bertz CT molecular complexity index is 248.